The van der Waals surface area contributed by atoms with Crippen molar-refractivity contribution in [3.63, 3.8) is 0 Å². The van der Waals surface area contributed by atoms with Crippen LogP contribution in [0.25, 0.3) is 10.2 Å². The molecule has 1 aliphatic rings. The summed E-state index contributed by atoms with van der Waals surface area (Å²) in [6.45, 7) is 0.938. The van der Waals surface area contributed by atoms with Crippen molar-refractivity contribution in [2.75, 3.05) is 18.4 Å². The number of thiazole rings is 1. The molecule has 0 aliphatic carbocycles. The van der Waals surface area contributed by atoms with Crippen LogP contribution in [0.4, 0.5) is 5.69 Å². The summed E-state index contributed by atoms with van der Waals surface area (Å²) in [5.74, 6) is -0.951. The number of amides is 3. The number of para-hydroxylation sites is 1. The molecular weight excluding hydrogens is 388 g/mol. The molecule has 2 aromatic carbocycles. The number of piperidine rings is 1. The van der Waals surface area contributed by atoms with Gasteiger partial charge in [-0.25, -0.2) is 4.98 Å². The van der Waals surface area contributed by atoms with Gasteiger partial charge in [-0.15, -0.1) is 11.3 Å². The lowest BCUT2D eigenvalue weighted by atomic mass is 9.95. The number of benzene rings is 2. The van der Waals surface area contributed by atoms with Crippen molar-refractivity contribution < 1.29 is 14.4 Å². The standard InChI is InChI=1S/C21H20N4O3S/c22-19(26)13-7-9-25(10-8-13)21(28)15-3-1-2-4-16(15)24-20(27)14-5-6-17-18(11-14)29-12-23-17/h1-6,11-13H,7-10H2,(H2,22,26)(H,24,27). The fraction of sp³-hybridized carbons (Fsp3) is 0.238. The lowest BCUT2D eigenvalue weighted by Crippen LogP contribution is -2.42. The first-order valence-electron chi connectivity index (χ1n) is 9.35. The molecule has 3 amide bonds. The molecule has 1 aromatic heterocycles. The number of hydrogen-bond donors (Lipinski definition) is 2. The van der Waals surface area contributed by atoms with E-state index in [0.717, 1.165) is 10.2 Å². The Bertz CT molecular complexity index is 1090. The van der Waals surface area contributed by atoms with E-state index in [4.69, 9.17) is 5.73 Å². The van der Waals surface area contributed by atoms with Crippen molar-refractivity contribution in [1.29, 1.82) is 0 Å². The summed E-state index contributed by atoms with van der Waals surface area (Å²) < 4.78 is 0.930. The number of anilines is 1. The molecule has 29 heavy (non-hydrogen) atoms. The van der Waals surface area contributed by atoms with Gasteiger partial charge in [-0.05, 0) is 43.2 Å². The number of primary amides is 1. The van der Waals surface area contributed by atoms with Gasteiger partial charge in [-0.2, -0.15) is 0 Å². The highest BCUT2D eigenvalue weighted by Crippen LogP contribution is 2.24. The van der Waals surface area contributed by atoms with Crippen LogP contribution in [0.1, 0.15) is 33.6 Å². The van der Waals surface area contributed by atoms with Crippen molar-refractivity contribution in [3.8, 4) is 0 Å². The minimum Gasteiger partial charge on any atom is -0.369 e. The second-order valence-corrected chi connectivity index (χ2v) is 7.89. The Hall–Kier alpha value is -3.26. The number of nitrogens with one attached hydrogen (secondary N) is 1. The summed E-state index contributed by atoms with van der Waals surface area (Å²) in [7, 11) is 0. The quantitative estimate of drug-likeness (QED) is 0.692. The molecule has 4 rings (SSSR count). The lowest BCUT2D eigenvalue weighted by molar-refractivity contribution is -0.123. The number of carbonyl (C=O) groups excluding carboxylic acids is 3. The van der Waals surface area contributed by atoms with Crippen LogP contribution in [0.3, 0.4) is 0 Å². The Morgan fingerprint density at radius 2 is 1.86 bits per heavy atom. The molecule has 0 unspecified atom stereocenters. The van der Waals surface area contributed by atoms with Crippen LogP contribution in [0.5, 0.6) is 0 Å². The minimum absolute atomic E-state index is 0.165. The van der Waals surface area contributed by atoms with Gasteiger partial charge in [-0.1, -0.05) is 12.1 Å². The number of nitrogens with two attached hydrogens (primary N) is 1. The van der Waals surface area contributed by atoms with Crippen LogP contribution in [0, 0.1) is 5.92 Å². The van der Waals surface area contributed by atoms with Gasteiger partial charge in [0.2, 0.25) is 5.91 Å². The molecule has 0 atom stereocenters. The van der Waals surface area contributed by atoms with Crippen LogP contribution in [-0.2, 0) is 4.79 Å². The Morgan fingerprint density at radius 3 is 2.62 bits per heavy atom. The Kier molecular flexibility index (Phi) is 5.26. The molecule has 3 aromatic rings. The first-order chi connectivity index (χ1) is 14.0. The maximum atomic E-state index is 13.0. The Morgan fingerprint density at radius 1 is 1.10 bits per heavy atom. The molecule has 0 saturated carbocycles. The van der Waals surface area contributed by atoms with Crippen molar-refractivity contribution in [2.45, 2.75) is 12.8 Å². The zero-order valence-electron chi connectivity index (χ0n) is 15.6. The summed E-state index contributed by atoms with van der Waals surface area (Å²) in [4.78, 5) is 43.0. The van der Waals surface area contributed by atoms with Gasteiger partial charge in [0.15, 0.2) is 0 Å². The zero-order valence-corrected chi connectivity index (χ0v) is 16.4. The average Bonchev–Trinajstić information content (AvgIpc) is 3.21. The van der Waals surface area contributed by atoms with E-state index in [0.29, 0.717) is 42.7 Å². The van der Waals surface area contributed by atoms with Crippen LogP contribution in [0.15, 0.2) is 48.0 Å². The third-order valence-corrected chi connectivity index (χ3v) is 5.98. The third kappa shape index (κ3) is 3.97. The first-order valence-corrected chi connectivity index (χ1v) is 10.2. The van der Waals surface area contributed by atoms with E-state index >= 15 is 0 Å². The number of fused-ring (bicyclic) bond motifs is 1. The third-order valence-electron chi connectivity index (χ3n) is 5.18. The Labute approximate surface area is 171 Å². The van der Waals surface area contributed by atoms with Crippen LogP contribution in [-0.4, -0.2) is 40.7 Å². The van der Waals surface area contributed by atoms with Gasteiger partial charge < -0.3 is 16.0 Å². The van der Waals surface area contributed by atoms with Gasteiger partial charge in [0.05, 0.1) is 27.0 Å². The van der Waals surface area contributed by atoms with Crippen molar-refractivity contribution in [1.82, 2.24) is 9.88 Å². The van der Waals surface area contributed by atoms with E-state index in [1.54, 1.807) is 52.9 Å². The van der Waals surface area contributed by atoms with E-state index in [1.807, 2.05) is 0 Å². The number of carbonyl (C=O) groups is 3. The predicted octanol–water partition coefficient (Wildman–Crippen LogP) is 2.89. The topological polar surface area (TPSA) is 105 Å². The van der Waals surface area contributed by atoms with Gasteiger partial charge in [-0.3, -0.25) is 14.4 Å². The molecule has 3 N–H and O–H groups in total. The fourth-order valence-corrected chi connectivity index (χ4v) is 4.22. The largest absolute Gasteiger partial charge is 0.369 e. The molecule has 1 aliphatic heterocycles. The summed E-state index contributed by atoms with van der Waals surface area (Å²) in [6, 6.07) is 12.3. The van der Waals surface area contributed by atoms with Gasteiger partial charge in [0.25, 0.3) is 11.8 Å². The molecule has 0 spiro atoms. The number of aromatic nitrogens is 1. The van der Waals surface area contributed by atoms with Gasteiger partial charge in [0, 0.05) is 24.6 Å². The molecule has 148 valence electrons. The van der Waals surface area contributed by atoms with Crippen LogP contribution < -0.4 is 11.1 Å². The van der Waals surface area contributed by atoms with Crippen molar-refractivity contribution in [3.05, 3.63) is 59.1 Å². The highest BCUT2D eigenvalue weighted by molar-refractivity contribution is 7.16. The Balaban J connectivity index is 1.51. The summed E-state index contributed by atoms with van der Waals surface area (Å²) >= 11 is 1.47. The van der Waals surface area contributed by atoms with Gasteiger partial charge in [0.1, 0.15) is 0 Å². The van der Waals surface area contributed by atoms with E-state index in [2.05, 4.69) is 10.3 Å². The van der Waals surface area contributed by atoms with Crippen LogP contribution >= 0.6 is 11.3 Å². The normalized spacial score (nSPS) is 14.7. The SMILES string of the molecule is NC(=O)C1CCN(C(=O)c2ccccc2NC(=O)c2ccc3ncsc3c2)CC1. The fourth-order valence-electron chi connectivity index (χ4n) is 3.51. The summed E-state index contributed by atoms with van der Waals surface area (Å²) in [5, 5.41) is 2.85. The summed E-state index contributed by atoms with van der Waals surface area (Å²) in [6.07, 6.45) is 1.12. The predicted molar refractivity (Wildman–Crippen MR) is 112 cm³/mol. The number of hydrogen-bond acceptors (Lipinski definition) is 5. The second-order valence-electron chi connectivity index (χ2n) is 7.00. The summed E-state index contributed by atoms with van der Waals surface area (Å²) in [5.41, 5.74) is 9.35. The molecular formula is C21H20N4O3S. The average molecular weight is 408 g/mol. The van der Waals surface area contributed by atoms with E-state index in [1.165, 1.54) is 11.3 Å². The molecule has 8 heteroatoms. The minimum atomic E-state index is -0.317. The second kappa shape index (κ2) is 8.00. The maximum Gasteiger partial charge on any atom is 0.255 e. The van der Waals surface area contributed by atoms with Gasteiger partial charge >= 0.3 is 0 Å². The molecule has 7 nitrogen and oxygen atoms in total. The highest BCUT2D eigenvalue weighted by atomic mass is 32.1. The zero-order chi connectivity index (χ0) is 20.4. The van der Waals surface area contributed by atoms with Crippen molar-refractivity contribution >= 4 is 45.0 Å². The van der Waals surface area contributed by atoms with E-state index < -0.39 is 0 Å². The highest BCUT2D eigenvalue weighted by Gasteiger charge is 2.27. The maximum absolute atomic E-state index is 13.0. The molecule has 0 radical (unpaired) electrons. The lowest BCUT2D eigenvalue weighted by Gasteiger charge is -2.31. The molecule has 2 heterocycles. The number of likely N-dealkylation sites (tertiary alicyclic amines) is 1. The number of rotatable bonds is 4. The monoisotopic (exact) mass is 408 g/mol. The van der Waals surface area contributed by atoms with Crippen molar-refractivity contribution in [2.24, 2.45) is 11.7 Å². The van der Waals surface area contributed by atoms with E-state index in [-0.39, 0.29) is 23.6 Å². The first kappa shape index (κ1) is 19.1. The molecule has 0 bridgehead atoms. The molecule has 1 fully saturated rings. The molecule has 1 saturated heterocycles. The van der Waals surface area contributed by atoms with Crippen LogP contribution in [0.2, 0.25) is 0 Å². The van der Waals surface area contributed by atoms with E-state index in [9.17, 15) is 14.4 Å². The number of nitrogens with zero attached hydrogens (tertiary/aromatic N) is 2. The smallest absolute Gasteiger partial charge is 0.255 e.